The number of rotatable bonds is 2. The van der Waals surface area contributed by atoms with Gasteiger partial charge in [0.05, 0.1) is 12.1 Å². The zero-order valence-corrected chi connectivity index (χ0v) is 8.72. The van der Waals surface area contributed by atoms with Gasteiger partial charge in [0.15, 0.2) is 0 Å². The van der Waals surface area contributed by atoms with Gasteiger partial charge in [-0.05, 0) is 18.9 Å². The van der Waals surface area contributed by atoms with Gasteiger partial charge in [0.1, 0.15) is 0 Å². The first-order valence-corrected chi connectivity index (χ1v) is 5.44. The number of nitrogens with zero attached hydrogens (tertiary/aromatic N) is 2. The molecule has 0 aliphatic heterocycles. The third kappa shape index (κ3) is 2.45. The van der Waals surface area contributed by atoms with Crippen molar-refractivity contribution >= 4 is 0 Å². The van der Waals surface area contributed by atoms with E-state index in [0.29, 0.717) is 6.54 Å². The van der Waals surface area contributed by atoms with Crippen LogP contribution in [0, 0.1) is 0 Å². The molecule has 1 aliphatic carbocycles. The lowest BCUT2D eigenvalue weighted by atomic mass is 9.85. The Morgan fingerprint density at radius 3 is 2.80 bits per heavy atom. The van der Waals surface area contributed by atoms with Crippen molar-refractivity contribution in [2.24, 2.45) is 0 Å². The molecule has 1 heterocycles. The molecule has 0 saturated heterocycles. The number of aliphatic hydroxyl groups is 1. The number of hydrogen-bond acceptors (Lipinski definition) is 3. The first-order chi connectivity index (χ1) is 7.20. The molecule has 1 saturated carbocycles. The van der Waals surface area contributed by atoms with Crippen LogP contribution in [0.3, 0.4) is 0 Å². The smallest absolute Gasteiger partial charge is 0.266 e. The second-order valence-corrected chi connectivity index (χ2v) is 4.30. The van der Waals surface area contributed by atoms with Gasteiger partial charge in [-0.3, -0.25) is 4.79 Å². The van der Waals surface area contributed by atoms with Crippen molar-refractivity contribution in [3.05, 3.63) is 28.7 Å². The lowest BCUT2D eigenvalue weighted by Gasteiger charge is -2.31. The third-order valence-corrected chi connectivity index (χ3v) is 3.01. The van der Waals surface area contributed by atoms with Crippen LogP contribution in [0.25, 0.3) is 0 Å². The van der Waals surface area contributed by atoms with Crippen molar-refractivity contribution < 1.29 is 5.11 Å². The van der Waals surface area contributed by atoms with Crippen LogP contribution < -0.4 is 5.56 Å². The van der Waals surface area contributed by atoms with Crippen LogP contribution in [0.15, 0.2) is 23.1 Å². The molecule has 15 heavy (non-hydrogen) atoms. The minimum absolute atomic E-state index is 0.142. The lowest BCUT2D eigenvalue weighted by Crippen LogP contribution is -2.40. The van der Waals surface area contributed by atoms with Gasteiger partial charge < -0.3 is 5.11 Å². The molecular weight excluding hydrogens is 192 g/mol. The summed E-state index contributed by atoms with van der Waals surface area (Å²) in [7, 11) is 0. The second-order valence-electron chi connectivity index (χ2n) is 4.30. The van der Waals surface area contributed by atoms with E-state index in [-0.39, 0.29) is 5.56 Å². The molecule has 4 heteroatoms. The first kappa shape index (κ1) is 10.4. The zero-order chi connectivity index (χ0) is 10.7. The summed E-state index contributed by atoms with van der Waals surface area (Å²) in [5.41, 5.74) is -0.868. The maximum atomic E-state index is 11.4. The third-order valence-electron chi connectivity index (χ3n) is 3.01. The summed E-state index contributed by atoms with van der Waals surface area (Å²) in [6.45, 7) is 0.326. The highest BCUT2D eigenvalue weighted by molar-refractivity contribution is 4.88. The molecule has 1 fully saturated rings. The highest BCUT2D eigenvalue weighted by Crippen LogP contribution is 2.28. The van der Waals surface area contributed by atoms with E-state index in [9.17, 15) is 9.90 Å². The van der Waals surface area contributed by atoms with Gasteiger partial charge in [0.2, 0.25) is 0 Å². The Labute approximate surface area is 88.6 Å². The van der Waals surface area contributed by atoms with Crippen LogP contribution in [-0.2, 0) is 6.54 Å². The van der Waals surface area contributed by atoms with Gasteiger partial charge in [-0.25, -0.2) is 4.68 Å². The Morgan fingerprint density at radius 2 is 2.13 bits per heavy atom. The van der Waals surface area contributed by atoms with Crippen molar-refractivity contribution in [2.45, 2.75) is 44.2 Å². The van der Waals surface area contributed by atoms with Crippen molar-refractivity contribution in [1.29, 1.82) is 0 Å². The van der Waals surface area contributed by atoms with Crippen molar-refractivity contribution in [3.63, 3.8) is 0 Å². The zero-order valence-electron chi connectivity index (χ0n) is 8.72. The summed E-state index contributed by atoms with van der Waals surface area (Å²) >= 11 is 0. The molecule has 1 aromatic rings. The van der Waals surface area contributed by atoms with E-state index >= 15 is 0 Å². The Hall–Kier alpha value is -1.16. The molecule has 0 bridgehead atoms. The van der Waals surface area contributed by atoms with Crippen LogP contribution in [0.1, 0.15) is 32.1 Å². The highest BCUT2D eigenvalue weighted by Gasteiger charge is 2.30. The fourth-order valence-corrected chi connectivity index (χ4v) is 2.15. The van der Waals surface area contributed by atoms with Gasteiger partial charge in [-0.1, -0.05) is 19.3 Å². The van der Waals surface area contributed by atoms with Gasteiger partial charge in [-0.15, -0.1) is 0 Å². The van der Waals surface area contributed by atoms with Gasteiger partial charge in [-0.2, -0.15) is 5.10 Å². The SMILES string of the molecule is O=c1cccnn1CC1(O)CCCCC1. The minimum Gasteiger partial charge on any atom is -0.388 e. The highest BCUT2D eigenvalue weighted by atomic mass is 16.3. The maximum Gasteiger partial charge on any atom is 0.266 e. The number of hydrogen-bond donors (Lipinski definition) is 1. The molecule has 0 atom stereocenters. The van der Waals surface area contributed by atoms with E-state index in [4.69, 9.17) is 0 Å². The second kappa shape index (κ2) is 4.14. The van der Waals surface area contributed by atoms with E-state index < -0.39 is 5.60 Å². The standard InChI is InChI=1S/C11H16N2O2/c14-10-5-4-8-12-13(10)9-11(15)6-2-1-3-7-11/h4-5,8,15H,1-3,6-7,9H2. The molecule has 0 radical (unpaired) electrons. The molecule has 4 nitrogen and oxygen atoms in total. The molecule has 0 aromatic carbocycles. The van der Waals surface area contributed by atoms with E-state index in [1.54, 1.807) is 12.3 Å². The van der Waals surface area contributed by atoms with Crippen LogP contribution in [0.4, 0.5) is 0 Å². The lowest BCUT2D eigenvalue weighted by molar-refractivity contribution is -0.0154. The molecule has 1 aliphatic rings. The fraction of sp³-hybridized carbons (Fsp3) is 0.636. The van der Waals surface area contributed by atoms with Crippen LogP contribution in [-0.4, -0.2) is 20.5 Å². The summed E-state index contributed by atoms with van der Waals surface area (Å²) in [5, 5.41) is 14.2. The van der Waals surface area contributed by atoms with Crippen molar-refractivity contribution in [3.8, 4) is 0 Å². The van der Waals surface area contributed by atoms with Crippen molar-refractivity contribution in [1.82, 2.24) is 9.78 Å². The maximum absolute atomic E-state index is 11.4. The monoisotopic (exact) mass is 208 g/mol. The molecule has 0 unspecified atom stereocenters. The van der Waals surface area contributed by atoms with Gasteiger partial charge in [0.25, 0.3) is 5.56 Å². The van der Waals surface area contributed by atoms with E-state index in [1.165, 1.54) is 17.2 Å². The predicted octanol–water partition coefficient (Wildman–Crippen LogP) is 0.938. The first-order valence-electron chi connectivity index (χ1n) is 5.44. The molecular formula is C11H16N2O2. The normalized spacial score (nSPS) is 20.1. The number of aromatic nitrogens is 2. The van der Waals surface area contributed by atoms with Crippen LogP contribution in [0.2, 0.25) is 0 Å². The molecule has 1 aromatic heterocycles. The van der Waals surface area contributed by atoms with Gasteiger partial charge in [0, 0.05) is 12.3 Å². The molecule has 82 valence electrons. The largest absolute Gasteiger partial charge is 0.388 e. The van der Waals surface area contributed by atoms with Crippen LogP contribution >= 0.6 is 0 Å². The van der Waals surface area contributed by atoms with Gasteiger partial charge >= 0.3 is 0 Å². The topological polar surface area (TPSA) is 55.1 Å². The quantitative estimate of drug-likeness (QED) is 0.787. The average molecular weight is 208 g/mol. The summed E-state index contributed by atoms with van der Waals surface area (Å²) in [5.74, 6) is 0. The Bertz CT molecular complexity index is 380. The molecule has 1 N–H and O–H groups in total. The molecule has 0 amide bonds. The van der Waals surface area contributed by atoms with E-state index in [2.05, 4.69) is 5.10 Å². The molecule has 0 spiro atoms. The average Bonchev–Trinajstić information content (AvgIpc) is 2.22. The summed E-state index contributed by atoms with van der Waals surface area (Å²) in [6, 6.07) is 3.09. The predicted molar refractivity (Wildman–Crippen MR) is 56.5 cm³/mol. The Morgan fingerprint density at radius 1 is 1.40 bits per heavy atom. The summed E-state index contributed by atoms with van der Waals surface area (Å²) in [4.78, 5) is 11.4. The fourth-order valence-electron chi connectivity index (χ4n) is 2.15. The Balaban J connectivity index is 2.14. The summed E-state index contributed by atoms with van der Waals surface area (Å²) < 4.78 is 1.35. The van der Waals surface area contributed by atoms with Crippen LogP contribution in [0.5, 0.6) is 0 Å². The van der Waals surface area contributed by atoms with Crippen molar-refractivity contribution in [2.75, 3.05) is 0 Å². The van der Waals surface area contributed by atoms with E-state index in [1.807, 2.05) is 0 Å². The minimum atomic E-state index is -0.726. The van der Waals surface area contributed by atoms with E-state index in [0.717, 1.165) is 25.7 Å². The summed E-state index contributed by atoms with van der Waals surface area (Å²) in [6.07, 6.45) is 6.38. The Kier molecular flexibility index (Phi) is 2.86. The molecule has 2 rings (SSSR count).